The van der Waals surface area contributed by atoms with Crippen molar-refractivity contribution in [2.75, 3.05) is 0 Å². The van der Waals surface area contributed by atoms with Crippen LogP contribution in [0.3, 0.4) is 0 Å². The van der Waals surface area contributed by atoms with Crippen LogP contribution in [0.25, 0.3) is 0 Å². The van der Waals surface area contributed by atoms with Gasteiger partial charge in [0.2, 0.25) is 5.91 Å². The van der Waals surface area contributed by atoms with E-state index in [9.17, 15) is 4.79 Å². The summed E-state index contributed by atoms with van der Waals surface area (Å²) in [6.07, 6.45) is 9.66. The van der Waals surface area contributed by atoms with Gasteiger partial charge in [0.05, 0.1) is 12.1 Å². The normalized spacial score (nSPS) is 30.6. The van der Waals surface area contributed by atoms with E-state index in [0.29, 0.717) is 12.0 Å². The number of nitrogens with one attached hydrogen (secondary N) is 2. The summed E-state index contributed by atoms with van der Waals surface area (Å²) in [7, 11) is 0. The average Bonchev–Trinajstić information content (AvgIpc) is 2.92. The zero-order valence-corrected chi connectivity index (χ0v) is 12.0. The molecule has 4 heteroatoms. The Labute approximate surface area is 120 Å². The van der Waals surface area contributed by atoms with Gasteiger partial charge in [-0.05, 0) is 49.8 Å². The number of pyridine rings is 1. The van der Waals surface area contributed by atoms with Crippen molar-refractivity contribution in [2.24, 2.45) is 5.92 Å². The second-order valence-corrected chi connectivity index (χ2v) is 6.12. The van der Waals surface area contributed by atoms with E-state index in [1.165, 1.54) is 25.7 Å². The molecule has 2 heterocycles. The zero-order chi connectivity index (χ0) is 13.9. The van der Waals surface area contributed by atoms with Gasteiger partial charge in [0.15, 0.2) is 0 Å². The van der Waals surface area contributed by atoms with E-state index < -0.39 is 0 Å². The maximum absolute atomic E-state index is 12.4. The molecule has 0 bridgehead atoms. The molecular weight excluding hydrogens is 250 g/mol. The number of nitrogens with zero attached hydrogens (tertiary/aromatic N) is 1. The van der Waals surface area contributed by atoms with Crippen molar-refractivity contribution in [2.45, 2.75) is 57.2 Å². The first-order valence-electron chi connectivity index (χ1n) is 7.70. The summed E-state index contributed by atoms with van der Waals surface area (Å²) in [6, 6.07) is 4.50. The molecule has 1 amide bonds. The highest BCUT2D eigenvalue weighted by Gasteiger charge is 2.38. The average molecular weight is 273 g/mol. The van der Waals surface area contributed by atoms with Crippen molar-refractivity contribution >= 4 is 5.91 Å². The molecule has 1 saturated carbocycles. The van der Waals surface area contributed by atoms with Crippen LogP contribution >= 0.6 is 0 Å². The molecule has 1 saturated heterocycles. The van der Waals surface area contributed by atoms with Gasteiger partial charge in [-0.1, -0.05) is 12.8 Å². The van der Waals surface area contributed by atoms with Crippen LogP contribution < -0.4 is 10.6 Å². The number of carbonyl (C=O) groups is 1. The van der Waals surface area contributed by atoms with E-state index in [0.717, 1.165) is 12.0 Å². The molecule has 1 aliphatic heterocycles. The molecule has 1 aromatic rings. The lowest BCUT2D eigenvalue weighted by Crippen LogP contribution is -2.43. The maximum atomic E-state index is 12.4. The maximum Gasteiger partial charge on any atom is 0.237 e. The van der Waals surface area contributed by atoms with Crippen molar-refractivity contribution < 1.29 is 4.79 Å². The first-order chi connectivity index (χ1) is 9.74. The fraction of sp³-hybridized carbons (Fsp3) is 0.625. The van der Waals surface area contributed by atoms with E-state index in [4.69, 9.17) is 0 Å². The predicted molar refractivity (Wildman–Crippen MR) is 78.1 cm³/mol. The molecule has 4 atom stereocenters. The second-order valence-electron chi connectivity index (χ2n) is 6.12. The van der Waals surface area contributed by atoms with Crippen LogP contribution in [0.4, 0.5) is 0 Å². The molecule has 3 rings (SSSR count). The van der Waals surface area contributed by atoms with Crippen LogP contribution in [0.2, 0.25) is 0 Å². The predicted octanol–water partition coefficient (Wildman–Crippen LogP) is 2.18. The van der Waals surface area contributed by atoms with Crippen molar-refractivity contribution in [1.29, 1.82) is 0 Å². The van der Waals surface area contributed by atoms with Crippen LogP contribution in [0.5, 0.6) is 0 Å². The summed E-state index contributed by atoms with van der Waals surface area (Å²) in [6.45, 7) is 2.02. The van der Waals surface area contributed by atoms with E-state index in [-0.39, 0.29) is 18.0 Å². The van der Waals surface area contributed by atoms with Gasteiger partial charge >= 0.3 is 0 Å². The number of carbonyl (C=O) groups excluding carboxylic acids is 1. The molecule has 1 aliphatic carbocycles. The minimum Gasteiger partial charge on any atom is -0.348 e. The summed E-state index contributed by atoms with van der Waals surface area (Å²) in [5.74, 6) is 0.847. The number of fused-ring (bicyclic) bond motifs is 1. The number of hydrogen-bond donors (Lipinski definition) is 2. The first-order valence-corrected chi connectivity index (χ1v) is 7.70. The summed E-state index contributed by atoms with van der Waals surface area (Å²) in [5, 5.41) is 6.64. The van der Waals surface area contributed by atoms with Crippen LogP contribution in [-0.2, 0) is 4.79 Å². The molecular formula is C16H23N3O. The van der Waals surface area contributed by atoms with Crippen LogP contribution in [0.15, 0.2) is 24.5 Å². The molecule has 4 nitrogen and oxygen atoms in total. The third-order valence-corrected chi connectivity index (χ3v) is 4.74. The van der Waals surface area contributed by atoms with Crippen molar-refractivity contribution in [3.05, 3.63) is 30.1 Å². The quantitative estimate of drug-likeness (QED) is 0.887. The third kappa shape index (κ3) is 2.85. The SMILES string of the molecule is CC(NC(=O)C1CC2CCCCC2N1)c1ccncc1. The Kier molecular flexibility index (Phi) is 4.01. The molecule has 0 spiro atoms. The van der Waals surface area contributed by atoms with Crippen LogP contribution in [-0.4, -0.2) is 23.0 Å². The lowest BCUT2D eigenvalue weighted by molar-refractivity contribution is -0.123. The van der Waals surface area contributed by atoms with E-state index in [1.54, 1.807) is 12.4 Å². The number of hydrogen-bond acceptors (Lipinski definition) is 3. The number of rotatable bonds is 3. The monoisotopic (exact) mass is 273 g/mol. The molecule has 2 fully saturated rings. The minimum absolute atomic E-state index is 0.00705. The summed E-state index contributed by atoms with van der Waals surface area (Å²) in [5.41, 5.74) is 1.10. The largest absolute Gasteiger partial charge is 0.348 e. The topological polar surface area (TPSA) is 54.0 Å². The molecule has 2 N–H and O–H groups in total. The fourth-order valence-electron chi connectivity index (χ4n) is 3.57. The lowest BCUT2D eigenvalue weighted by atomic mass is 9.85. The molecule has 108 valence electrons. The summed E-state index contributed by atoms with van der Waals surface area (Å²) in [4.78, 5) is 16.4. The Morgan fingerprint density at radius 2 is 2.10 bits per heavy atom. The molecule has 0 radical (unpaired) electrons. The Bertz CT molecular complexity index is 448. The Morgan fingerprint density at radius 3 is 2.85 bits per heavy atom. The van der Waals surface area contributed by atoms with Gasteiger partial charge in [0.1, 0.15) is 0 Å². The van der Waals surface area contributed by atoms with Gasteiger partial charge in [-0.2, -0.15) is 0 Å². The van der Waals surface area contributed by atoms with Gasteiger partial charge in [-0.15, -0.1) is 0 Å². The van der Waals surface area contributed by atoms with Gasteiger partial charge in [-0.3, -0.25) is 9.78 Å². The van der Waals surface area contributed by atoms with E-state index in [2.05, 4.69) is 15.6 Å². The third-order valence-electron chi connectivity index (χ3n) is 4.74. The molecule has 20 heavy (non-hydrogen) atoms. The Morgan fingerprint density at radius 1 is 1.35 bits per heavy atom. The first kappa shape index (κ1) is 13.6. The van der Waals surface area contributed by atoms with Gasteiger partial charge in [-0.25, -0.2) is 0 Å². The van der Waals surface area contributed by atoms with Crippen molar-refractivity contribution in [3.63, 3.8) is 0 Å². The summed E-state index contributed by atoms with van der Waals surface area (Å²) >= 11 is 0. The molecule has 4 unspecified atom stereocenters. The molecule has 1 aromatic heterocycles. The van der Waals surface area contributed by atoms with E-state index in [1.807, 2.05) is 19.1 Å². The lowest BCUT2D eigenvalue weighted by Gasteiger charge is -2.24. The van der Waals surface area contributed by atoms with Gasteiger partial charge < -0.3 is 10.6 Å². The summed E-state index contributed by atoms with van der Waals surface area (Å²) < 4.78 is 0. The van der Waals surface area contributed by atoms with Crippen LogP contribution in [0.1, 0.15) is 50.6 Å². The van der Waals surface area contributed by atoms with Crippen molar-refractivity contribution in [1.82, 2.24) is 15.6 Å². The second kappa shape index (κ2) is 5.92. The Balaban J connectivity index is 1.57. The Hall–Kier alpha value is -1.42. The molecule has 2 aliphatic rings. The van der Waals surface area contributed by atoms with E-state index >= 15 is 0 Å². The molecule has 0 aromatic carbocycles. The highest BCUT2D eigenvalue weighted by Crippen LogP contribution is 2.33. The fourth-order valence-corrected chi connectivity index (χ4v) is 3.57. The highest BCUT2D eigenvalue weighted by molar-refractivity contribution is 5.82. The smallest absolute Gasteiger partial charge is 0.237 e. The zero-order valence-electron chi connectivity index (χ0n) is 12.0. The van der Waals surface area contributed by atoms with Crippen LogP contribution in [0, 0.1) is 5.92 Å². The van der Waals surface area contributed by atoms with Gasteiger partial charge in [0.25, 0.3) is 0 Å². The minimum atomic E-state index is -0.00705. The van der Waals surface area contributed by atoms with Gasteiger partial charge in [0, 0.05) is 18.4 Å². The highest BCUT2D eigenvalue weighted by atomic mass is 16.2. The number of amides is 1. The number of aromatic nitrogens is 1. The standard InChI is InChI=1S/C16H23N3O/c1-11(12-6-8-17-9-7-12)18-16(20)15-10-13-4-2-3-5-14(13)19-15/h6-9,11,13-15,19H,2-5,10H2,1H3,(H,18,20). The van der Waals surface area contributed by atoms with Crippen molar-refractivity contribution in [3.8, 4) is 0 Å².